The van der Waals surface area contributed by atoms with Gasteiger partial charge in [-0.3, -0.25) is 0 Å². The summed E-state index contributed by atoms with van der Waals surface area (Å²) in [5, 5.41) is 10.9. The first-order chi connectivity index (χ1) is 12.1. The molecule has 0 saturated heterocycles. The molecular formula is C18H14ClNO5. The molecule has 2 aromatic carbocycles. The first-order valence-corrected chi connectivity index (χ1v) is 7.93. The minimum absolute atomic E-state index is 0.127. The summed E-state index contributed by atoms with van der Waals surface area (Å²) in [6, 6.07) is 10.1. The van der Waals surface area contributed by atoms with Crippen LogP contribution in [0.15, 0.2) is 36.4 Å². The molecule has 0 atom stereocenters. The third kappa shape index (κ3) is 2.64. The van der Waals surface area contributed by atoms with Crippen LogP contribution in [0.3, 0.4) is 0 Å². The van der Waals surface area contributed by atoms with Gasteiger partial charge in [0.1, 0.15) is 11.4 Å². The molecule has 1 aliphatic rings. The van der Waals surface area contributed by atoms with E-state index in [1.54, 1.807) is 41.0 Å². The van der Waals surface area contributed by atoms with Gasteiger partial charge >= 0.3 is 5.97 Å². The Bertz CT molecular complexity index is 995. The Morgan fingerprint density at radius 3 is 2.76 bits per heavy atom. The van der Waals surface area contributed by atoms with Crippen molar-refractivity contribution in [3.8, 4) is 17.2 Å². The van der Waals surface area contributed by atoms with Gasteiger partial charge in [-0.15, -0.1) is 0 Å². The van der Waals surface area contributed by atoms with Crippen LogP contribution < -0.4 is 9.47 Å². The molecule has 25 heavy (non-hydrogen) atoms. The molecule has 0 fully saturated rings. The molecule has 3 aromatic rings. The second-order valence-electron chi connectivity index (χ2n) is 5.65. The number of phenolic OH excluding ortho intramolecular Hbond substituents is 1. The van der Waals surface area contributed by atoms with Crippen molar-refractivity contribution in [2.45, 2.75) is 6.54 Å². The number of hydrogen-bond donors (Lipinski definition) is 1. The van der Waals surface area contributed by atoms with E-state index < -0.39 is 5.97 Å². The van der Waals surface area contributed by atoms with Crippen LogP contribution in [0.5, 0.6) is 17.2 Å². The van der Waals surface area contributed by atoms with Gasteiger partial charge in [0.05, 0.1) is 13.7 Å². The van der Waals surface area contributed by atoms with Gasteiger partial charge in [-0.1, -0.05) is 11.6 Å². The maximum Gasteiger partial charge on any atom is 0.354 e. The van der Waals surface area contributed by atoms with Gasteiger partial charge in [-0.2, -0.15) is 0 Å². The van der Waals surface area contributed by atoms with Gasteiger partial charge in [-0.05, 0) is 35.9 Å². The lowest BCUT2D eigenvalue weighted by Gasteiger charge is -2.12. The van der Waals surface area contributed by atoms with Crippen molar-refractivity contribution in [1.82, 2.24) is 4.57 Å². The maximum absolute atomic E-state index is 12.2. The van der Waals surface area contributed by atoms with Crippen LogP contribution in [0.25, 0.3) is 10.9 Å². The van der Waals surface area contributed by atoms with E-state index in [1.807, 2.05) is 0 Å². The number of fused-ring (bicyclic) bond motifs is 2. The molecule has 0 amide bonds. The zero-order valence-electron chi connectivity index (χ0n) is 13.3. The molecule has 6 nitrogen and oxygen atoms in total. The summed E-state index contributed by atoms with van der Waals surface area (Å²) in [5.74, 6) is 0.882. The molecule has 4 rings (SSSR count). The van der Waals surface area contributed by atoms with E-state index in [1.165, 1.54) is 7.11 Å². The summed E-state index contributed by atoms with van der Waals surface area (Å²) in [6.07, 6.45) is 0. The highest BCUT2D eigenvalue weighted by atomic mass is 35.5. The highest BCUT2D eigenvalue weighted by molar-refractivity contribution is 6.31. The summed E-state index contributed by atoms with van der Waals surface area (Å²) in [4.78, 5) is 12.2. The summed E-state index contributed by atoms with van der Waals surface area (Å²) in [5.41, 5.74) is 1.94. The fraction of sp³-hybridized carbons (Fsp3) is 0.167. The third-order valence-electron chi connectivity index (χ3n) is 4.15. The summed E-state index contributed by atoms with van der Waals surface area (Å²) < 4.78 is 17.4. The van der Waals surface area contributed by atoms with Gasteiger partial charge in [0.25, 0.3) is 0 Å². The number of aromatic nitrogens is 1. The molecule has 2 heterocycles. The van der Waals surface area contributed by atoms with Crippen molar-refractivity contribution in [2.24, 2.45) is 0 Å². The lowest BCUT2D eigenvalue weighted by molar-refractivity contribution is 0.0589. The maximum atomic E-state index is 12.2. The van der Waals surface area contributed by atoms with Gasteiger partial charge in [0.15, 0.2) is 11.5 Å². The normalized spacial score (nSPS) is 12.6. The van der Waals surface area contributed by atoms with Crippen LogP contribution in [0.4, 0.5) is 0 Å². The molecule has 1 aliphatic heterocycles. The fourth-order valence-electron chi connectivity index (χ4n) is 2.95. The topological polar surface area (TPSA) is 69.9 Å². The van der Waals surface area contributed by atoms with E-state index in [4.69, 9.17) is 25.8 Å². The Balaban J connectivity index is 1.84. The van der Waals surface area contributed by atoms with Crippen molar-refractivity contribution >= 4 is 28.5 Å². The number of nitrogens with zero attached hydrogens (tertiary/aromatic N) is 1. The first kappa shape index (κ1) is 15.7. The zero-order valence-corrected chi connectivity index (χ0v) is 14.0. The highest BCUT2D eigenvalue weighted by Crippen LogP contribution is 2.37. The van der Waals surface area contributed by atoms with Gasteiger partial charge in [-0.25, -0.2) is 4.79 Å². The number of carbonyl (C=O) groups excluding carboxylic acids is 1. The average molecular weight is 360 g/mol. The Kier molecular flexibility index (Phi) is 3.69. The van der Waals surface area contributed by atoms with E-state index in [0.29, 0.717) is 28.8 Å². The number of rotatable bonds is 3. The molecule has 0 aliphatic carbocycles. The second kappa shape index (κ2) is 5.89. The molecule has 0 bridgehead atoms. The number of carbonyl (C=O) groups is 1. The Labute approximate surface area is 148 Å². The highest BCUT2D eigenvalue weighted by Gasteiger charge is 2.20. The number of phenols is 1. The largest absolute Gasteiger partial charge is 0.508 e. The molecule has 128 valence electrons. The lowest BCUT2D eigenvalue weighted by Crippen LogP contribution is -2.11. The fourth-order valence-corrected chi connectivity index (χ4v) is 3.17. The number of halogens is 1. The molecule has 0 unspecified atom stereocenters. The van der Waals surface area contributed by atoms with Crippen LogP contribution in [-0.4, -0.2) is 29.5 Å². The standard InChI is InChI=1S/C18H14ClNO5/c1-23-18(22)15-5-10-4-12(21)2-3-14(10)20(15)8-11-6-16-17(7-13(11)19)25-9-24-16/h2-7,21H,8-9H2,1H3. The van der Waals surface area contributed by atoms with Crippen molar-refractivity contribution in [1.29, 1.82) is 0 Å². The molecule has 0 saturated carbocycles. The quantitative estimate of drug-likeness (QED) is 0.724. The summed E-state index contributed by atoms with van der Waals surface area (Å²) >= 11 is 6.36. The molecule has 0 radical (unpaired) electrons. The monoisotopic (exact) mass is 359 g/mol. The number of benzene rings is 2. The third-order valence-corrected chi connectivity index (χ3v) is 4.50. The lowest BCUT2D eigenvalue weighted by atomic mass is 10.2. The molecule has 0 spiro atoms. The minimum atomic E-state index is -0.465. The average Bonchev–Trinajstić information content (AvgIpc) is 3.18. The molecule has 1 N–H and O–H groups in total. The van der Waals surface area contributed by atoms with E-state index in [0.717, 1.165) is 16.5 Å². The van der Waals surface area contributed by atoms with Crippen LogP contribution >= 0.6 is 11.6 Å². The summed E-state index contributed by atoms with van der Waals surface area (Å²) in [6.45, 7) is 0.502. The van der Waals surface area contributed by atoms with E-state index >= 15 is 0 Å². The van der Waals surface area contributed by atoms with Crippen molar-refractivity contribution in [3.63, 3.8) is 0 Å². The number of aromatic hydroxyl groups is 1. The zero-order chi connectivity index (χ0) is 17.6. The van der Waals surface area contributed by atoms with Gasteiger partial charge in [0.2, 0.25) is 6.79 Å². The molecule has 1 aromatic heterocycles. The van der Waals surface area contributed by atoms with Crippen LogP contribution in [0.2, 0.25) is 5.02 Å². The minimum Gasteiger partial charge on any atom is -0.508 e. The Hall–Kier alpha value is -2.86. The SMILES string of the molecule is COC(=O)c1cc2cc(O)ccc2n1Cc1cc2c(cc1Cl)OCO2. The number of esters is 1. The Morgan fingerprint density at radius 2 is 2.00 bits per heavy atom. The van der Waals surface area contributed by atoms with Crippen molar-refractivity contribution in [3.05, 3.63) is 52.7 Å². The predicted octanol–water partition coefficient (Wildman–Crippen LogP) is 3.56. The van der Waals surface area contributed by atoms with Gasteiger partial charge < -0.3 is 23.9 Å². The van der Waals surface area contributed by atoms with Crippen LogP contribution in [0, 0.1) is 0 Å². The van der Waals surface area contributed by atoms with Crippen LogP contribution in [0.1, 0.15) is 16.1 Å². The van der Waals surface area contributed by atoms with E-state index in [9.17, 15) is 9.90 Å². The van der Waals surface area contributed by atoms with Crippen molar-refractivity contribution < 1.29 is 24.1 Å². The number of methoxy groups -OCH3 is 1. The number of hydrogen-bond acceptors (Lipinski definition) is 5. The first-order valence-electron chi connectivity index (χ1n) is 7.55. The second-order valence-corrected chi connectivity index (χ2v) is 6.05. The van der Waals surface area contributed by atoms with Gasteiger partial charge in [0, 0.05) is 22.0 Å². The smallest absolute Gasteiger partial charge is 0.354 e. The summed E-state index contributed by atoms with van der Waals surface area (Å²) in [7, 11) is 1.33. The Morgan fingerprint density at radius 1 is 1.24 bits per heavy atom. The molecular weight excluding hydrogens is 346 g/mol. The predicted molar refractivity (Wildman–Crippen MR) is 91.6 cm³/mol. The van der Waals surface area contributed by atoms with Crippen LogP contribution in [-0.2, 0) is 11.3 Å². The number of ether oxygens (including phenoxy) is 3. The van der Waals surface area contributed by atoms with E-state index in [2.05, 4.69) is 0 Å². The molecule has 7 heteroatoms. The van der Waals surface area contributed by atoms with E-state index in [-0.39, 0.29) is 12.5 Å². The van der Waals surface area contributed by atoms with Crippen molar-refractivity contribution in [2.75, 3.05) is 13.9 Å².